The van der Waals surface area contributed by atoms with Crippen LogP contribution in [0.3, 0.4) is 0 Å². The molecule has 28 heavy (non-hydrogen) atoms. The molecule has 1 aromatic heterocycles. The summed E-state index contributed by atoms with van der Waals surface area (Å²) in [4.78, 5) is 26.4. The van der Waals surface area contributed by atoms with E-state index in [-0.39, 0.29) is 43.6 Å². The Balaban J connectivity index is 1.53. The standard InChI is InChI=1S/C18H19ClN2O5S2/c1-13-6-11-27-17(13)18(23)26-12-16(22)20-7-9-21(10-8-20)28(24,25)15-4-2-14(19)3-5-15/h2-6,11H,7-10,12H2,1H3. The van der Waals surface area contributed by atoms with Crippen LogP contribution in [0.4, 0.5) is 0 Å². The van der Waals surface area contributed by atoms with Crippen molar-refractivity contribution in [1.29, 1.82) is 0 Å². The number of piperazine rings is 1. The summed E-state index contributed by atoms with van der Waals surface area (Å²) in [7, 11) is -3.64. The van der Waals surface area contributed by atoms with Crippen LogP contribution in [-0.4, -0.2) is 62.3 Å². The number of amides is 1. The maximum Gasteiger partial charge on any atom is 0.349 e. The molecule has 2 heterocycles. The van der Waals surface area contributed by atoms with Gasteiger partial charge >= 0.3 is 5.97 Å². The summed E-state index contributed by atoms with van der Waals surface area (Å²) in [6.45, 7) is 2.27. The van der Waals surface area contributed by atoms with Crippen LogP contribution in [0.25, 0.3) is 0 Å². The highest BCUT2D eigenvalue weighted by Crippen LogP contribution is 2.20. The molecule has 1 aliphatic rings. The van der Waals surface area contributed by atoms with Crippen LogP contribution in [0.15, 0.2) is 40.6 Å². The highest BCUT2D eigenvalue weighted by atomic mass is 35.5. The van der Waals surface area contributed by atoms with E-state index in [2.05, 4.69) is 0 Å². The van der Waals surface area contributed by atoms with Gasteiger partial charge in [-0.1, -0.05) is 11.6 Å². The molecule has 2 aromatic rings. The Morgan fingerprint density at radius 2 is 1.75 bits per heavy atom. The Labute approximate surface area is 172 Å². The minimum Gasteiger partial charge on any atom is -0.451 e. The molecule has 0 unspecified atom stereocenters. The molecule has 10 heteroatoms. The molecule has 0 radical (unpaired) electrons. The number of halogens is 1. The minimum absolute atomic E-state index is 0.164. The Morgan fingerprint density at radius 3 is 2.32 bits per heavy atom. The lowest BCUT2D eigenvalue weighted by Gasteiger charge is -2.33. The molecule has 3 rings (SSSR count). The van der Waals surface area contributed by atoms with E-state index in [1.54, 1.807) is 12.3 Å². The molecule has 1 aromatic carbocycles. The van der Waals surface area contributed by atoms with Gasteiger partial charge in [-0.2, -0.15) is 4.31 Å². The summed E-state index contributed by atoms with van der Waals surface area (Å²) in [6, 6.07) is 7.78. The van der Waals surface area contributed by atoms with E-state index in [0.29, 0.717) is 9.90 Å². The van der Waals surface area contributed by atoms with Crippen molar-refractivity contribution in [2.45, 2.75) is 11.8 Å². The van der Waals surface area contributed by atoms with Crippen LogP contribution in [0.2, 0.25) is 5.02 Å². The Hall–Kier alpha value is -1.94. The van der Waals surface area contributed by atoms with E-state index in [9.17, 15) is 18.0 Å². The molecule has 0 spiro atoms. The monoisotopic (exact) mass is 442 g/mol. The normalized spacial score (nSPS) is 15.4. The third-order valence-electron chi connectivity index (χ3n) is 4.42. The van der Waals surface area contributed by atoms with E-state index in [1.165, 1.54) is 44.8 Å². The predicted octanol–water partition coefficient (Wildman–Crippen LogP) is 2.40. The number of carbonyl (C=O) groups is 2. The first-order chi connectivity index (χ1) is 13.3. The van der Waals surface area contributed by atoms with Gasteiger partial charge in [0, 0.05) is 31.2 Å². The van der Waals surface area contributed by atoms with Crippen molar-refractivity contribution < 1.29 is 22.7 Å². The van der Waals surface area contributed by atoms with Crippen LogP contribution < -0.4 is 0 Å². The maximum atomic E-state index is 12.7. The Bertz CT molecular complexity index is 964. The molecule has 7 nitrogen and oxygen atoms in total. The van der Waals surface area contributed by atoms with E-state index in [0.717, 1.165) is 5.56 Å². The number of nitrogens with zero attached hydrogens (tertiary/aromatic N) is 2. The summed E-state index contributed by atoms with van der Waals surface area (Å²) in [5, 5.41) is 2.25. The van der Waals surface area contributed by atoms with Gasteiger partial charge in [0.1, 0.15) is 4.88 Å². The van der Waals surface area contributed by atoms with E-state index in [1.807, 2.05) is 6.07 Å². The van der Waals surface area contributed by atoms with Crippen molar-refractivity contribution in [3.8, 4) is 0 Å². The van der Waals surface area contributed by atoms with Gasteiger partial charge in [-0.15, -0.1) is 11.3 Å². The highest BCUT2D eigenvalue weighted by Gasteiger charge is 2.30. The van der Waals surface area contributed by atoms with Crippen molar-refractivity contribution in [3.05, 3.63) is 51.2 Å². The maximum absolute atomic E-state index is 12.7. The number of thiophene rings is 1. The molecular weight excluding hydrogens is 424 g/mol. The van der Waals surface area contributed by atoms with Gasteiger partial charge in [-0.05, 0) is 48.2 Å². The molecule has 1 saturated heterocycles. The number of hydrogen-bond donors (Lipinski definition) is 0. The lowest BCUT2D eigenvalue weighted by atomic mass is 10.3. The molecule has 0 atom stereocenters. The number of aryl methyl sites for hydroxylation is 1. The lowest BCUT2D eigenvalue weighted by Crippen LogP contribution is -2.51. The zero-order chi connectivity index (χ0) is 20.3. The smallest absolute Gasteiger partial charge is 0.349 e. The zero-order valence-electron chi connectivity index (χ0n) is 15.1. The average molecular weight is 443 g/mol. The average Bonchev–Trinajstić information content (AvgIpc) is 3.12. The van der Waals surface area contributed by atoms with Crippen molar-refractivity contribution in [2.75, 3.05) is 32.8 Å². The lowest BCUT2D eigenvalue weighted by molar-refractivity contribution is -0.135. The molecule has 0 aliphatic carbocycles. The van der Waals surface area contributed by atoms with Gasteiger partial charge in [-0.3, -0.25) is 4.79 Å². The van der Waals surface area contributed by atoms with Crippen molar-refractivity contribution in [2.24, 2.45) is 0 Å². The third-order valence-corrected chi connectivity index (χ3v) is 7.58. The van der Waals surface area contributed by atoms with Crippen LogP contribution in [0.1, 0.15) is 15.2 Å². The SMILES string of the molecule is Cc1ccsc1C(=O)OCC(=O)N1CCN(S(=O)(=O)c2ccc(Cl)cc2)CC1. The molecular formula is C18H19ClN2O5S2. The molecule has 0 N–H and O–H groups in total. The zero-order valence-corrected chi connectivity index (χ0v) is 17.5. The number of sulfonamides is 1. The first kappa shape index (κ1) is 20.8. The summed E-state index contributed by atoms with van der Waals surface area (Å²) in [5.41, 5.74) is 0.809. The van der Waals surface area contributed by atoms with Gasteiger partial charge in [0.15, 0.2) is 6.61 Å². The second-order valence-electron chi connectivity index (χ2n) is 6.25. The van der Waals surface area contributed by atoms with E-state index >= 15 is 0 Å². The van der Waals surface area contributed by atoms with Crippen LogP contribution in [0.5, 0.6) is 0 Å². The summed E-state index contributed by atoms with van der Waals surface area (Å²) < 4.78 is 31.8. The molecule has 1 aliphatic heterocycles. The Kier molecular flexibility index (Phi) is 6.39. The van der Waals surface area contributed by atoms with Crippen LogP contribution in [0, 0.1) is 6.92 Å². The van der Waals surface area contributed by atoms with Crippen LogP contribution >= 0.6 is 22.9 Å². The fourth-order valence-corrected chi connectivity index (χ4v) is 5.16. The van der Waals surface area contributed by atoms with Gasteiger partial charge in [-0.25, -0.2) is 13.2 Å². The molecule has 150 valence electrons. The minimum atomic E-state index is -3.64. The fraction of sp³-hybridized carbons (Fsp3) is 0.333. The molecule has 1 fully saturated rings. The number of carbonyl (C=O) groups excluding carboxylic acids is 2. The second kappa shape index (κ2) is 8.60. The third kappa shape index (κ3) is 4.54. The molecule has 0 saturated carbocycles. The topological polar surface area (TPSA) is 84.0 Å². The van der Waals surface area contributed by atoms with Crippen molar-refractivity contribution in [3.63, 3.8) is 0 Å². The largest absolute Gasteiger partial charge is 0.451 e. The molecule has 1 amide bonds. The highest BCUT2D eigenvalue weighted by molar-refractivity contribution is 7.89. The van der Waals surface area contributed by atoms with Crippen molar-refractivity contribution >= 4 is 44.8 Å². The summed E-state index contributed by atoms with van der Waals surface area (Å²) >= 11 is 7.07. The summed E-state index contributed by atoms with van der Waals surface area (Å²) in [6.07, 6.45) is 0. The Morgan fingerprint density at radius 1 is 1.11 bits per heavy atom. The second-order valence-corrected chi connectivity index (χ2v) is 9.54. The fourth-order valence-electron chi connectivity index (χ4n) is 2.80. The first-order valence-electron chi connectivity index (χ1n) is 8.54. The number of rotatable bonds is 5. The van der Waals surface area contributed by atoms with Gasteiger partial charge in [0.05, 0.1) is 4.90 Å². The summed E-state index contributed by atoms with van der Waals surface area (Å²) in [5.74, 6) is -0.865. The van der Waals surface area contributed by atoms with E-state index < -0.39 is 16.0 Å². The van der Waals surface area contributed by atoms with Gasteiger partial charge < -0.3 is 9.64 Å². The van der Waals surface area contributed by atoms with Crippen LogP contribution in [-0.2, 0) is 19.6 Å². The predicted molar refractivity (Wildman–Crippen MR) is 106 cm³/mol. The number of esters is 1. The van der Waals surface area contributed by atoms with Crippen molar-refractivity contribution in [1.82, 2.24) is 9.21 Å². The quantitative estimate of drug-likeness (QED) is 0.664. The first-order valence-corrected chi connectivity index (χ1v) is 11.2. The number of ether oxygens (including phenoxy) is 1. The number of hydrogen-bond acceptors (Lipinski definition) is 6. The van der Waals surface area contributed by atoms with Gasteiger partial charge in [0.2, 0.25) is 10.0 Å². The number of benzene rings is 1. The molecule has 0 bridgehead atoms. The van der Waals surface area contributed by atoms with E-state index in [4.69, 9.17) is 16.3 Å². The van der Waals surface area contributed by atoms with Gasteiger partial charge in [0.25, 0.3) is 5.91 Å².